The SMILES string of the molecule is CC(C)N(CC[C@H](C#N)c1ccccn1)C(C)C. The molecule has 1 aromatic rings. The Balaban J connectivity index is 2.63. The maximum atomic E-state index is 9.26. The quantitative estimate of drug-likeness (QED) is 0.772. The second-order valence-corrected chi connectivity index (χ2v) is 5.15. The lowest BCUT2D eigenvalue weighted by Crippen LogP contribution is -2.38. The summed E-state index contributed by atoms with van der Waals surface area (Å²) in [6.45, 7) is 9.72. The molecule has 1 heterocycles. The number of nitriles is 1. The fourth-order valence-corrected chi connectivity index (χ4v) is 2.25. The molecule has 0 aliphatic rings. The van der Waals surface area contributed by atoms with Crippen molar-refractivity contribution in [2.24, 2.45) is 0 Å². The number of hydrogen-bond donors (Lipinski definition) is 0. The predicted octanol–water partition coefficient (Wildman–Crippen LogP) is 3.20. The first-order chi connectivity index (χ1) is 8.56. The van der Waals surface area contributed by atoms with Crippen LogP contribution in [-0.2, 0) is 0 Å². The third kappa shape index (κ3) is 4.12. The standard InChI is InChI=1S/C15H23N3/c1-12(2)18(13(3)4)10-8-14(11-16)15-7-5-6-9-17-15/h5-7,9,12-14H,8,10H2,1-4H3/t14-/m1/s1. The second kappa shape index (κ2) is 7.13. The molecule has 1 rings (SSSR count). The number of aromatic nitrogens is 1. The first-order valence-electron chi connectivity index (χ1n) is 6.62. The van der Waals surface area contributed by atoms with Gasteiger partial charge in [-0.2, -0.15) is 5.26 Å². The zero-order chi connectivity index (χ0) is 13.5. The first kappa shape index (κ1) is 14.7. The summed E-state index contributed by atoms with van der Waals surface area (Å²) in [5.41, 5.74) is 0.882. The summed E-state index contributed by atoms with van der Waals surface area (Å²) in [7, 11) is 0. The molecule has 0 bridgehead atoms. The van der Waals surface area contributed by atoms with Gasteiger partial charge in [0.05, 0.1) is 17.7 Å². The minimum atomic E-state index is -0.105. The number of hydrogen-bond acceptors (Lipinski definition) is 3. The van der Waals surface area contributed by atoms with Crippen LogP contribution < -0.4 is 0 Å². The smallest absolute Gasteiger partial charge is 0.0896 e. The zero-order valence-corrected chi connectivity index (χ0v) is 11.8. The molecule has 0 fully saturated rings. The largest absolute Gasteiger partial charge is 0.298 e. The van der Waals surface area contributed by atoms with E-state index in [0.29, 0.717) is 12.1 Å². The molecule has 3 nitrogen and oxygen atoms in total. The molecular weight excluding hydrogens is 222 g/mol. The highest BCUT2D eigenvalue weighted by atomic mass is 15.2. The van der Waals surface area contributed by atoms with Gasteiger partial charge in [-0.05, 0) is 46.2 Å². The van der Waals surface area contributed by atoms with Crippen LogP contribution in [0.4, 0.5) is 0 Å². The van der Waals surface area contributed by atoms with Gasteiger partial charge in [-0.25, -0.2) is 0 Å². The Morgan fingerprint density at radius 2 is 1.89 bits per heavy atom. The summed E-state index contributed by atoms with van der Waals surface area (Å²) in [4.78, 5) is 6.69. The molecule has 0 aliphatic carbocycles. The summed E-state index contributed by atoms with van der Waals surface area (Å²) in [5, 5.41) is 9.26. The molecule has 0 saturated carbocycles. The van der Waals surface area contributed by atoms with Crippen LogP contribution in [0, 0.1) is 11.3 Å². The fourth-order valence-electron chi connectivity index (χ4n) is 2.25. The summed E-state index contributed by atoms with van der Waals surface area (Å²) in [6.07, 6.45) is 2.59. The molecule has 0 aromatic carbocycles. The minimum absolute atomic E-state index is 0.105. The summed E-state index contributed by atoms with van der Waals surface area (Å²) in [5.74, 6) is -0.105. The monoisotopic (exact) mass is 245 g/mol. The van der Waals surface area contributed by atoms with E-state index >= 15 is 0 Å². The molecule has 98 valence electrons. The Morgan fingerprint density at radius 1 is 1.22 bits per heavy atom. The van der Waals surface area contributed by atoms with E-state index in [1.165, 1.54) is 0 Å². The third-order valence-corrected chi connectivity index (χ3v) is 3.20. The fraction of sp³-hybridized carbons (Fsp3) is 0.600. The van der Waals surface area contributed by atoms with E-state index in [2.05, 4.69) is 43.6 Å². The van der Waals surface area contributed by atoms with Crippen molar-refractivity contribution in [3.63, 3.8) is 0 Å². The molecule has 0 unspecified atom stereocenters. The Hall–Kier alpha value is -1.40. The number of nitrogens with zero attached hydrogens (tertiary/aromatic N) is 3. The van der Waals surface area contributed by atoms with Crippen LogP contribution in [0.5, 0.6) is 0 Å². The topological polar surface area (TPSA) is 39.9 Å². The van der Waals surface area contributed by atoms with Crippen molar-refractivity contribution in [3.05, 3.63) is 30.1 Å². The lowest BCUT2D eigenvalue weighted by molar-refractivity contribution is 0.171. The minimum Gasteiger partial charge on any atom is -0.298 e. The van der Waals surface area contributed by atoms with Crippen LogP contribution in [0.1, 0.15) is 45.7 Å². The van der Waals surface area contributed by atoms with Gasteiger partial charge >= 0.3 is 0 Å². The lowest BCUT2D eigenvalue weighted by Gasteiger charge is -2.31. The van der Waals surface area contributed by atoms with E-state index in [-0.39, 0.29) is 5.92 Å². The van der Waals surface area contributed by atoms with Crippen molar-refractivity contribution in [2.45, 2.75) is 52.1 Å². The molecule has 0 saturated heterocycles. The van der Waals surface area contributed by atoms with Crippen LogP contribution >= 0.6 is 0 Å². The molecule has 18 heavy (non-hydrogen) atoms. The van der Waals surface area contributed by atoms with Gasteiger partial charge in [-0.15, -0.1) is 0 Å². The maximum absolute atomic E-state index is 9.26. The molecule has 0 radical (unpaired) electrons. The van der Waals surface area contributed by atoms with Gasteiger partial charge < -0.3 is 0 Å². The van der Waals surface area contributed by atoms with Crippen molar-refractivity contribution < 1.29 is 0 Å². The van der Waals surface area contributed by atoms with Crippen molar-refractivity contribution >= 4 is 0 Å². The van der Waals surface area contributed by atoms with Crippen LogP contribution in [0.15, 0.2) is 24.4 Å². The van der Waals surface area contributed by atoms with Crippen molar-refractivity contribution in [1.29, 1.82) is 5.26 Å². The van der Waals surface area contributed by atoms with Gasteiger partial charge in [0.15, 0.2) is 0 Å². The lowest BCUT2D eigenvalue weighted by atomic mass is 10.0. The van der Waals surface area contributed by atoms with E-state index in [9.17, 15) is 5.26 Å². The van der Waals surface area contributed by atoms with Gasteiger partial charge in [-0.3, -0.25) is 9.88 Å². The molecule has 0 aliphatic heterocycles. The van der Waals surface area contributed by atoms with E-state index in [1.807, 2.05) is 18.2 Å². The van der Waals surface area contributed by atoms with Crippen LogP contribution in [0.3, 0.4) is 0 Å². The number of rotatable bonds is 6. The van der Waals surface area contributed by atoms with Gasteiger partial charge in [0.2, 0.25) is 0 Å². The van der Waals surface area contributed by atoms with Gasteiger partial charge in [0.1, 0.15) is 0 Å². The van der Waals surface area contributed by atoms with Crippen LogP contribution in [0.25, 0.3) is 0 Å². The number of pyridine rings is 1. The van der Waals surface area contributed by atoms with Crippen molar-refractivity contribution in [1.82, 2.24) is 9.88 Å². The van der Waals surface area contributed by atoms with Gasteiger partial charge in [0, 0.05) is 24.8 Å². The Labute approximate surface area is 110 Å². The molecule has 3 heteroatoms. The first-order valence-corrected chi connectivity index (χ1v) is 6.62. The normalized spacial score (nSPS) is 13.0. The van der Waals surface area contributed by atoms with E-state index < -0.39 is 0 Å². The zero-order valence-electron chi connectivity index (χ0n) is 11.8. The summed E-state index contributed by atoms with van der Waals surface area (Å²) in [6, 6.07) is 9.13. The van der Waals surface area contributed by atoms with Crippen molar-refractivity contribution in [3.8, 4) is 6.07 Å². The van der Waals surface area contributed by atoms with Crippen molar-refractivity contribution in [2.75, 3.05) is 6.54 Å². The molecule has 0 N–H and O–H groups in total. The maximum Gasteiger partial charge on any atom is 0.0896 e. The molecular formula is C15H23N3. The summed E-state index contributed by atoms with van der Waals surface area (Å²) < 4.78 is 0. The van der Waals surface area contributed by atoms with Crippen LogP contribution in [0.2, 0.25) is 0 Å². The highest BCUT2D eigenvalue weighted by molar-refractivity contribution is 5.16. The van der Waals surface area contributed by atoms with Crippen LogP contribution in [-0.4, -0.2) is 28.5 Å². The Bertz CT molecular complexity index is 370. The van der Waals surface area contributed by atoms with E-state index in [4.69, 9.17) is 0 Å². The highest BCUT2D eigenvalue weighted by Gasteiger charge is 2.17. The molecule has 1 atom stereocenters. The van der Waals surface area contributed by atoms with E-state index in [1.54, 1.807) is 6.20 Å². The average Bonchev–Trinajstić information content (AvgIpc) is 2.34. The molecule has 1 aromatic heterocycles. The Morgan fingerprint density at radius 3 is 2.33 bits per heavy atom. The van der Waals surface area contributed by atoms with Gasteiger partial charge in [0.25, 0.3) is 0 Å². The second-order valence-electron chi connectivity index (χ2n) is 5.15. The highest BCUT2D eigenvalue weighted by Crippen LogP contribution is 2.18. The summed E-state index contributed by atoms with van der Waals surface area (Å²) >= 11 is 0. The third-order valence-electron chi connectivity index (χ3n) is 3.20. The molecule has 0 amide bonds. The van der Waals surface area contributed by atoms with E-state index in [0.717, 1.165) is 18.7 Å². The predicted molar refractivity (Wildman–Crippen MR) is 74.2 cm³/mol. The van der Waals surface area contributed by atoms with Gasteiger partial charge in [-0.1, -0.05) is 6.07 Å². The molecule has 0 spiro atoms. The average molecular weight is 245 g/mol. The Kier molecular flexibility index (Phi) is 5.80.